The molecule has 8 heteroatoms. The lowest BCUT2D eigenvalue weighted by Gasteiger charge is -2.15. The summed E-state index contributed by atoms with van der Waals surface area (Å²) < 4.78 is 34.7. The lowest BCUT2D eigenvalue weighted by Crippen LogP contribution is -2.32. The fraction of sp³-hybridized carbons (Fsp3) is 0.200. The van der Waals surface area contributed by atoms with Gasteiger partial charge in [-0.15, -0.1) is 10.2 Å². The predicted molar refractivity (Wildman–Crippen MR) is 151 cm³/mol. The minimum absolute atomic E-state index is 0.0780. The normalized spacial score (nSPS) is 15.8. The molecule has 1 fully saturated rings. The number of sulfonamides is 1. The van der Waals surface area contributed by atoms with E-state index in [1.165, 1.54) is 5.39 Å². The minimum atomic E-state index is -3.72. The van der Waals surface area contributed by atoms with Gasteiger partial charge in [0.2, 0.25) is 10.0 Å². The van der Waals surface area contributed by atoms with Crippen LogP contribution >= 0.6 is 0 Å². The zero-order chi connectivity index (χ0) is 26.1. The van der Waals surface area contributed by atoms with E-state index in [1.807, 2.05) is 54.6 Å². The summed E-state index contributed by atoms with van der Waals surface area (Å²) in [6, 6.07) is 27.6. The summed E-state index contributed by atoms with van der Waals surface area (Å²) >= 11 is 0. The molecule has 0 saturated carbocycles. The van der Waals surface area contributed by atoms with Crippen molar-refractivity contribution in [3.05, 3.63) is 90.5 Å². The van der Waals surface area contributed by atoms with Gasteiger partial charge >= 0.3 is 0 Å². The van der Waals surface area contributed by atoms with Gasteiger partial charge in [-0.3, -0.25) is 0 Å². The van der Waals surface area contributed by atoms with Crippen molar-refractivity contribution in [2.75, 3.05) is 18.5 Å². The number of aryl methyl sites for hydroxylation is 1. The number of nitrogens with one attached hydrogen (secondary N) is 2. The van der Waals surface area contributed by atoms with Crippen LogP contribution in [0.15, 0.2) is 89.8 Å². The average Bonchev–Trinajstić information content (AvgIpc) is 3.46. The van der Waals surface area contributed by atoms with E-state index in [4.69, 9.17) is 4.74 Å². The molecule has 0 spiro atoms. The topological polar surface area (TPSA) is 93.2 Å². The highest BCUT2D eigenvalue weighted by Crippen LogP contribution is 2.33. The highest BCUT2D eigenvalue weighted by Gasteiger charge is 2.23. The van der Waals surface area contributed by atoms with E-state index in [1.54, 1.807) is 13.0 Å². The molecule has 6 rings (SSSR count). The molecule has 2 N–H and O–H groups in total. The van der Waals surface area contributed by atoms with Gasteiger partial charge in [-0.2, -0.15) is 0 Å². The summed E-state index contributed by atoms with van der Waals surface area (Å²) in [7, 11) is -3.72. The van der Waals surface area contributed by atoms with E-state index in [2.05, 4.69) is 44.5 Å². The van der Waals surface area contributed by atoms with Gasteiger partial charge in [0.05, 0.1) is 11.0 Å². The van der Waals surface area contributed by atoms with E-state index in [9.17, 15) is 8.42 Å². The SMILES string of the molecule is Cc1ccc(-c2nnc(Nc3ccc4ccccc4c3)c3ccccc23)cc1S(=O)(=O)NCC1CCCO1. The van der Waals surface area contributed by atoms with Gasteiger partial charge in [-0.25, -0.2) is 13.1 Å². The molecule has 1 unspecified atom stereocenters. The number of benzene rings is 4. The Kier molecular flexibility index (Phi) is 6.53. The van der Waals surface area contributed by atoms with Gasteiger partial charge < -0.3 is 10.1 Å². The second-order valence-electron chi connectivity index (χ2n) is 9.60. The number of anilines is 2. The fourth-order valence-electron chi connectivity index (χ4n) is 4.94. The Morgan fingerprint density at radius 3 is 2.50 bits per heavy atom. The Bertz CT molecular complexity index is 1750. The highest BCUT2D eigenvalue weighted by molar-refractivity contribution is 7.89. The molecule has 7 nitrogen and oxygen atoms in total. The Morgan fingerprint density at radius 1 is 0.895 bits per heavy atom. The average molecular weight is 525 g/mol. The Balaban J connectivity index is 1.35. The third-order valence-electron chi connectivity index (χ3n) is 6.98. The maximum absolute atomic E-state index is 13.2. The van der Waals surface area contributed by atoms with Crippen molar-refractivity contribution < 1.29 is 13.2 Å². The van der Waals surface area contributed by atoms with Gasteiger partial charge in [0.15, 0.2) is 5.82 Å². The Morgan fingerprint density at radius 2 is 1.68 bits per heavy atom. The Labute approximate surface area is 221 Å². The summed E-state index contributed by atoms with van der Waals surface area (Å²) in [5.74, 6) is 0.637. The first-order chi connectivity index (χ1) is 18.5. The number of rotatable bonds is 7. The summed E-state index contributed by atoms with van der Waals surface area (Å²) in [6.45, 7) is 2.74. The first-order valence-electron chi connectivity index (χ1n) is 12.7. The van der Waals surface area contributed by atoms with Crippen LogP contribution in [0, 0.1) is 6.92 Å². The molecule has 192 valence electrons. The summed E-state index contributed by atoms with van der Waals surface area (Å²) in [6.07, 6.45) is 1.74. The van der Waals surface area contributed by atoms with E-state index in [0.717, 1.165) is 34.7 Å². The standard InChI is InChI=1S/C30H28N4O3S/c1-20-12-13-23(18-28(20)38(35,36)31-19-25-9-6-16-37-25)29-26-10-4-5-11-27(26)30(34-33-29)32-24-15-14-21-7-2-3-8-22(21)17-24/h2-5,7-8,10-15,17-18,25,31H,6,9,16,19H2,1H3,(H,32,34). The van der Waals surface area contributed by atoms with Crippen molar-refractivity contribution in [3.63, 3.8) is 0 Å². The molecule has 1 saturated heterocycles. The number of nitrogens with zero attached hydrogens (tertiary/aromatic N) is 2. The summed E-state index contributed by atoms with van der Waals surface area (Å²) in [5.41, 5.74) is 2.90. The van der Waals surface area contributed by atoms with Crippen molar-refractivity contribution in [2.45, 2.75) is 30.8 Å². The molecule has 1 aliphatic heterocycles. The molecule has 2 heterocycles. The zero-order valence-corrected chi connectivity index (χ0v) is 21.8. The van der Waals surface area contributed by atoms with Crippen LogP contribution in [0.3, 0.4) is 0 Å². The smallest absolute Gasteiger partial charge is 0.240 e. The highest BCUT2D eigenvalue weighted by atomic mass is 32.2. The monoisotopic (exact) mass is 524 g/mol. The van der Waals surface area contributed by atoms with Crippen LogP contribution in [-0.4, -0.2) is 37.9 Å². The lowest BCUT2D eigenvalue weighted by atomic mass is 10.0. The minimum Gasteiger partial charge on any atom is -0.377 e. The van der Waals surface area contributed by atoms with E-state index < -0.39 is 10.0 Å². The molecule has 5 aromatic rings. The number of hydrogen-bond acceptors (Lipinski definition) is 6. The lowest BCUT2D eigenvalue weighted by molar-refractivity contribution is 0.114. The first kappa shape index (κ1) is 24.5. The molecule has 1 atom stereocenters. The van der Waals surface area contributed by atoms with Crippen LogP contribution in [0.5, 0.6) is 0 Å². The van der Waals surface area contributed by atoms with Crippen molar-refractivity contribution >= 4 is 43.1 Å². The maximum Gasteiger partial charge on any atom is 0.240 e. The number of ether oxygens (including phenoxy) is 1. The number of hydrogen-bond donors (Lipinski definition) is 2. The van der Waals surface area contributed by atoms with Crippen LogP contribution in [0.4, 0.5) is 11.5 Å². The third kappa shape index (κ3) is 4.86. The van der Waals surface area contributed by atoms with Crippen LogP contribution in [0.1, 0.15) is 18.4 Å². The number of fused-ring (bicyclic) bond motifs is 2. The molecular weight excluding hydrogens is 496 g/mol. The predicted octanol–water partition coefficient (Wildman–Crippen LogP) is 5.96. The molecule has 4 aromatic carbocycles. The molecule has 1 aromatic heterocycles. The second-order valence-corrected chi connectivity index (χ2v) is 11.3. The summed E-state index contributed by atoms with van der Waals surface area (Å²) in [4.78, 5) is 0.234. The quantitative estimate of drug-likeness (QED) is 0.273. The molecule has 38 heavy (non-hydrogen) atoms. The fourth-order valence-corrected chi connectivity index (χ4v) is 6.27. The van der Waals surface area contributed by atoms with Gasteiger partial charge in [0, 0.05) is 35.2 Å². The molecule has 0 aliphatic carbocycles. The van der Waals surface area contributed by atoms with Crippen LogP contribution < -0.4 is 10.0 Å². The summed E-state index contributed by atoms with van der Waals surface area (Å²) in [5, 5.41) is 16.6. The first-order valence-corrected chi connectivity index (χ1v) is 14.2. The van der Waals surface area contributed by atoms with E-state index in [-0.39, 0.29) is 17.5 Å². The van der Waals surface area contributed by atoms with Gasteiger partial charge in [-0.05, 0) is 54.3 Å². The molecule has 0 radical (unpaired) electrons. The van der Waals surface area contributed by atoms with Crippen molar-refractivity contribution in [2.24, 2.45) is 0 Å². The van der Waals surface area contributed by atoms with E-state index in [0.29, 0.717) is 29.2 Å². The number of aromatic nitrogens is 2. The van der Waals surface area contributed by atoms with Gasteiger partial charge in [0.1, 0.15) is 5.69 Å². The zero-order valence-electron chi connectivity index (χ0n) is 21.0. The van der Waals surface area contributed by atoms with E-state index >= 15 is 0 Å². The van der Waals surface area contributed by atoms with Crippen LogP contribution in [0.2, 0.25) is 0 Å². The van der Waals surface area contributed by atoms with Gasteiger partial charge in [-0.1, -0.05) is 66.7 Å². The second kappa shape index (κ2) is 10.1. The largest absolute Gasteiger partial charge is 0.377 e. The molecule has 0 amide bonds. The molecule has 0 bridgehead atoms. The maximum atomic E-state index is 13.2. The van der Waals surface area contributed by atoms with Crippen molar-refractivity contribution in [3.8, 4) is 11.3 Å². The van der Waals surface area contributed by atoms with Crippen molar-refractivity contribution in [1.82, 2.24) is 14.9 Å². The Hall–Kier alpha value is -3.85. The third-order valence-corrected chi connectivity index (χ3v) is 8.54. The van der Waals surface area contributed by atoms with Crippen LogP contribution in [0.25, 0.3) is 32.8 Å². The van der Waals surface area contributed by atoms with Crippen LogP contribution in [-0.2, 0) is 14.8 Å². The van der Waals surface area contributed by atoms with Crippen molar-refractivity contribution in [1.29, 1.82) is 0 Å². The van der Waals surface area contributed by atoms with Gasteiger partial charge in [0.25, 0.3) is 0 Å². The molecule has 1 aliphatic rings. The molecular formula is C30H28N4O3S.